The number of carbonyl (C=O) groups is 1. The van der Waals surface area contributed by atoms with Crippen LogP contribution < -0.4 is 5.73 Å². The molecule has 1 saturated heterocycles. The molecule has 7 heteroatoms. The van der Waals surface area contributed by atoms with Gasteiger partial charge in [0.1, 0.15) is 5.41 Å². The molecule has 1 aromatic rings. The molecule has 1 atom stereocenters. The Morgan fingerprint density at radius 2 is 2.11 bits per heavy atom. The molecular formula is C12H12F3NO3. The largest absolute Gasteiger partial charge is 0.481 e. The van der Waals surface area contributed by atoms with Crippen molar-refractivity contribution in [3.63, 3.8) is 0 Å². The Morgan fingerprint density at radius 1 is 1.42 bits per heavy atom. The van der Waals surface area contributed by atoms with E-state index in [1.54, 1.807) is 0 Å². The van der Waals surface area contributed by atoms with Gasteiger partial charge in [-0.3, -0.25) is 4.79 Å². The van der Waals surface area contributed by atoms with E-state index in [0.717, 1.165) is 12.1 Å². The third-order valence-corrected chi connectivity index (χ3v) is 3.36. The number of anilines is 1. The van der Waals surface area contributed by atoms with Gasteiger partial charge in [-0.15, -0.1) is 0 Å². The molecule has 1 unspecified atom stereocenters. The van der Waals surface area contributed by atoms with Crippen LogP contribution in [0.3, 0.4) is 0 Å². The molecule has 0 aliphatic carbocycles. The molecule has 3 N–H and O–H groups in total. The maximum absolute atomic E-state index is 12.8. The zero-order valence-corrected chi connectivity index (χ0v) is 9.83. The Kier molecular flexibility index (Phi) is 3.17. The van der Waals surface area contributed by atoms with E-state index in [1.165, 1.54) is 6.07 Å². The smallest absolute Gasteiger partial charge is 0.418 e. The zero-order chi connectivity index (χ0) is 14.3. The second-order valence-electron chi connectivity index (χ2n) is 4.45. The highest BCUT2D eigenvalue weighted by molar-refractivity contribution is 5.85. The number of benzene rings is 1. The predicted octanol–water partition coefficient (Wildman–Crippen LogP) is 2.03. The maximum atomic E-state index is 12.8. The van der Waals surface area contributed by atoms with Gasteiger partial charge in [0.05, 0.1) is 12.2 Å². The highest BCUT2D eigenvalue weighted by Crippen LogP contribution is 2.42. The van der Waals surface area contributed by atoms with Crippen molar-refractivity contribution in [2.24, 2.45) is 0 Å². The Balaban J connectivity index is 2.60. The van der Waals surface area contributed by atoms with Crippen LogP contribution >= 0.6 is 0 Å². The number of para-hydroxylation sites is 1. The van der Waals surface area contributed by atoms with Crippen LogP contribution in [-0.4, -0.2) is 24.3 Å². The fraction of sp³-hybridized carbons (Fsp3) is 0.417. The van der Waals surface area contributed by atoms with Crippen molar-refractivity contribution in [3.05, 3.63) is 29.3 Å². The van der Waals surface area contributed by atoms with E-state index >= 15 is 0 Å². The number of hydrogen-bond acceptors (Lipinski definition) is 3. The lowest BCUT2D eigenvalue weighted by Crippen LogP contribution is -2.37. The molecule has 104 valence electrons. The third-order valence-electron chi connectivity index (χ3n) is 3.36. The number of rotatable bonds is 2. The van der Waals surface area contributed by atoms with Gasteiger partial charge < -0.3 is 15.6 Å². The van der Waals surface area contributed by atoms with Gasteiger partial charge >= 0.3 is 12.1 Å². The topological polar surface area (TPSA) is 72.6 Å². The number of alkyl halides is 3. The van der Waals surface area contributed by atoms with Crippen molar-refractivity contribution >= 4 is 11.7 Å². The average Bonchev–Trinajstić information content (AvgIpc) is 2.77. The minimum Gasteiger partial charge on any atom is -0.481 e. The lowest BCUT2D eigenvalue weighted by Gasteiger charge is -2.25. The summed E-state index contributed by atoms with van der Waals surface area (Å²) in [6.07, 6.45) is -4.51. The van der Waals surface area contributed by atoms with Gasteiger partial charge in [0.25, 0.3) is 0 Å². The van der Waals surface area contributed by atoms with Crippen molar-refractivity contribution in [3.8, 4) is 0 Å². The molecule has 19 heavy (non-hydrogen) atoms. The molecule has 1 aliphatic heterocycles. The molecule has 0 radical (unpaired) electrons. The molecule has 1 heterocycles. The zero-order valence-electron chi connectivity index (χ0n) is 9.83. The number of nitrogens with two attached hydrogens (primary N) is 1. The Labute approximate surface area is 107 Å². The van der Waals surface area contributed by atoms with Gasteiger partial charge in [-0.05, 0) is 18.1 Å². The van der Waals surface area contributed by atoms with Gasteiger partial charge in [-0.2, -0.15) is 13.2 Å². The standard InChI is InChI=1S/C12H12F3NO3/c13-12(14,15)8-3-1-2-7(9(8)16)11(10(17)18)4-5-19-6-11/h1-3H,4-6,16H2,(H,17,18). The quantitative estimate of drug-likeness (QED) is 0.810. The molecule has 0 spiro atoms. The number of carboxylic acid groups (broad SMARTS) is 1. The highest BCUT2D eigenvalue weighted by Gasteiger charge is 2.47. The third kappa shape index (κ3) is 2.14. The lowest BCUT2D eigenvalue weighted by molar-refractivity contribution is -0.144. The summed E-state index contributed by atoms with van der Waals surface area (Å²) in [6.45, 7) is 0.00975. The molecule has 1 fully saturated rings. The van der Waals surface area contributed by atoms with Crippen LogP contribution in [0.25, 0.3) is 0 Å². The molecule has 4 nitrogen and oxygen atoms in total. The first kappa shape index (κ1) is 13.7. The first-order chi connectivity index (χ1) is 8.79. The minimum atomic E-state index is -4.61. The van der Waals surface area contributed by atoms with Crippen LogP contribution in [0, 0.1) is 0 Å². The van der Waals surface area contributed by atoms with E-state index in [-0.39, 0.29) is 25.2 Å². The summed E-state index contributed by atoms with van der Waals surface area (Å²) in [7, 11) is 0. The Morgan fingerprint density at radius 3 is 2.58 bits per heavy atom. The van der Waals surface area contributed by atoms with Crippen molar-refractivity contribution in [2.75, 3.05) is 18.9 Å². The van der Waals surface area contributed by atoms with Gasteiger partial charge in [0.2, 0.25) is 0 Å². The second kappa shape index (κ2) is 4.41. The SMILES string of the molecule is Nc1c(C(F)(F)F)cccc1C1(C(=O)O)CCOC1. The van der Waals surface area contributed by atoms with E-state index in [0.29, 0.717) is 0 Å². The fourth-order valence-electron chi connectivity index (χ4n) is 2.29. The summed E-state index contributed by atoms with van der Waals surface area (Å²) in [5.74, 6) is -1.23. The second-order valence-corrected chi connectivity index (χ2v) is 4.45. The molecule has 2 rings (SSSR count). The summed E-state index contributed by atoms with van der Waals surface area (Å²) < 4.78 is 43.4. The summed E-state index contributed by atoms with van der Waals surface area (Å²) in [6, 6.07) is 3.31. The van der Waals surface area contributed by atoms with Crippen LogP contribution in [0.4, 0.5) is 18.9 Å². The van der Waals surface area contributed by atoms with Crippen LogP contribution in [-0.2, 0) is 21.1 Å². The molecule has 0 aromatic heterocycles. The van der Waals surface area contributed by atoms with Crippen molar-refractivity contribution < 1.29 is 27.8 Å². The lowest BCUT2D eigenvalue weighted by atomic mass is 9.78. The monoisotopic (exact) mass is 275 g/mol. The fourth-order valence-corrected chi connectivity index (χ4v) is 2.29. The van der Waals surface area contributed by atoms with Crippen molar-refractivity contribution in [1.82, 2.24) is 0 Å². The molecule has 0 amide bonds. The van der Waals surface area contributed by atoms with Crippen LogP contribution in [0.2, 0.25) is 0 Å². The van der Waals surface area contributed by atoms with Crippen molar-refractivity contribution in [2.45, 2.75) is 18.0 Å². The minimum absolute atomic E-state index is 0.0349. The summed E-state index contributed by atoms with van der Waals surface area (Å²) in [4.78, 5) is 11.4. The average molecular weight is 275 g/mol. The highest BCUT2D eigenvalue weighted by atomic mass is 19.4. The van der Waals surface area contributed by atoms with Gasteiger partial charge in [0, 0.05) is 12.3 Å². The van der Waals surface area contributed by atoms with Crippen LogP contribution in [0.15, 0.2) is 18.2 Å². The number of aliphatic carboxylic acids is 1. The van der Waals surface area contributed by atoms with E-state index in [1.807, 2.05) is 0 Å². The van der Waals surface area contributed by atoms with Crippen molar-refractivity contribution in [1.29, 1.82) is 0 Å². The van der Waals surface area contributed by atoms with E-state index in [4.69, 9.17) is 10.5 Å². The Hall–Kier alpha value is -1.76. The number of ether oxygens (including phenoxy) is 1. The molecular weight excluding hydrogens is 263 g/mol. The van der Waals surface area contributed by atoms with E-state index in [2.05, 4.69) is 0 Å². The van der Waals surface area contributed by atoms with E-state index < -0.39 is 28.8 Å². The first-order valence-electron chi connectivity index (χ1n) is 5.56. The maximum Gasteiger partial charge on any atom is 0.418 e. The first-order valence-corrected chi connectivity index (χ1v) is 5.56. The number of nitrogen functional groups attached to an aromatic ring is 1. The Bertz CT molecular complexity index is 507. The molecule has 0 saturated carbocycles. The van der Waals surface area contributed by atoms with Gasteiger partial charge in [-0.1, -0.05) is 12.1 Å². The van der Waals surface area contributed by atoms with Gasteiger partial charge in [-0.25, -0.2) is 0 Å². The number of carboxylic acids is 1. The predicted molar refractivity (Wildman–Crippen MR) is 60.6 cm³/mol. The normalized spacial score (nSPS) is 23.5. The molecule has 0 bridgehead atoms. The van der Waals surface area contributed by atoms with Crippen LogP contribution in [0.1, 0.15) is 17.5 Å². The van der Waals surface area contributed by atoms with Gasteiger partial charge in [0.15, 0.2) is 0 Å². The van der Waals surface area contributed by atoms with Crippen LogP contribution in [0.5, 0.6) is 0 Å². The van der Waals surface area contributed by atoms with E-state index in [9.17, 15) is 23.1 Å². The summed E-state index contributed by atoms with van der Waals surface area (Å²) in [5.41, 5.74) is 2.45. The summed E-state index contributed by atoms with van der Waals surface area (Å²) >= 11 is 0. The molecule has 1 aliphatic rings. The number of halogens is 3. The summed E-state index contributed by atoms with van der Waals surface area (Å²) in [5, 5.41) is 9.32. The molecule has 1 aromatic carbocycles. The number of hydrogen-bond donors (Lipinski definition) is 2.